The fraction of sp³-hybridized carbons (Fsp3) is 0.154. The molecular formula is C26H24FN5O4. The van der Waals surface area contributed by atoms with Crippen LogP contribution >= 0.6 is 0 Å². The number of ether oxygens (including phenoxy) is 2. The van der Waals surface area contributed by atoms with Gasteiger partial charge in [0.15, 0.2) is 0 Å². The molecule has 0 saturated carbocycles. The highest BCUT2D eigenvalue weighted by Gasteiger charge is 2.38. The zero-order chi connectivity index (χ0) is 25.4. The van der Waals surface area contributed by atoms with Crippen molar-refractivity contribution in [3.8, 4) is 11.5 Å². The van der Waals surface area contributed by atoms with Crippen LogP contribution < -0.4 is 15.4 Å². The second-order valence-corrected chi connectivity index (χ2v) is 7.89. The molecule has 4 rings (SSSR count). The highest BCUT2D eigenvalue weighted by atomic mass is 19.1. The molecule has 0 radical (unpaired) electrons. The maximum Gasteiger partial charge on any atom is 0.251 e. The van der Waals surface area contributed by atoms with Gasteiger partial charge in [-0.2, -0.15) is 0 Å². The third-order valence-electron chi connectivity index (χ3n) is 5.07. The topological polar surface area (TPSA) is 107 Å². The van der Waals surface area contributed by atoms with E-state index < -0.39 is 17.7 Å². The van der Waals surface area contributed by atoms with Gasteiger partial charge in [0, 0.05) is 12.6 Å². The Hall–Kier alpha value is -4.57. The number of carbonyl (C=O) groups excluding carboxylic acids is 2. The Morgan fingerprint density at radius 2 is 1.64 bits per heavy atom. The summed E-state index contributed by atoms with van der Waals surface area (Å²) in [6.45, 7) is 1.44. The van der Waals surface area contributed by atoms with Crippen molar-refractivity contribution in [3.05, 3.63) is 103 Å². The van der Waals surface area contributed by atoms with E-state index in [1.54, 1.807) is 24.3 Å². The average molecular weight is 490 g/mol. The van der Waals surface area contributed by atoms with Crippen LogP contribution in [0.2, 0.25) is 0 Å². The summed E-state index contributed by atoms with van der Waals surface area (Å²) in [4.78, 5) is 25.1. The molecular weight excluding hydrogens is 465 g/mol. The van der Waals surface area contributed by atoms with E-state index in [4.69, 9.17) is 9.47 Å². The third kappa shape index (κ3) is 6.51. The van der Waals surface area contributed by atoms with Crippen molar-refractivity contribution in [1.29, 1.82) is 0 Å². The van der Waals surface area contributed by atoms with Crippen molar-refractivity contribution < 1.29 is 23.5 Å². The van der Waals surface area contributed by atoms with Gasteiger partial charge in [0.1, 0.15) is 17.3 Å². The Kier molecular flexibility index (Phi) is 7.66. The molecule has 0 fully saturated rings. The molecule has 184 valence electrons. The summed E-state index contributed by atoms with van der Waals surface area (Å²) in [5.41, 5.74) is 1.36. The van der Waals surface area contributed by atoms with Gasteiger partial charge in [-0.25, -0.2) is 9.07 Å². The van der Waals surface area contributed by atoms with Crippen LogP contribution in [0, 0.1) is 5.82 Å². The summed E-state index contributed by atoms with van der Waals surface area (Å²) in [6.07, 6.45) is 2.66. The predicted molar refractivity (Wildman–Crippen MR) is 129 cm³/mol. The van der Waals surface area contributed by atoms with Crippen LogP contribution in [0.5, 0.6) is 11.5 Å². The zero-order valence-electron chi connectivity index (χ0n) is 19.4. The number of aromatic nitrogens is 3. The van der Waals surface area contributed by atoms with E-state index in [9.17, 15) is 14.0 Å². The largest absolute Gasteiger partial charge is 0.457 e. The molecule has 2 N–H and O–H groups in total. The smallest absolute Gasteiger partial charge is 0.251 e. The molecule has 0 aliphatic rings. The number of hydrogen-bond donors (Lipinski definition) is 2. The van der Waals surface area contributed by atoms with E-state index >= 15 is 0 Å². The molecule has 0 bridgehead atoms. The quantitative estimate of drug-likeness (QED) is 0.323. The highest BCUT2D eigenvalue weighted by Crippen LogP contribution is 2.25. The van der Waals surface area contributed by atoms with Gasteiger partial charge in [-0.05, 0) is 54.1 Å². The summed E-state index contributed by atoms with van der Waals surface area (Å²) in [7, 11) is 0. The number of rotatable bonds is 10. The van der Waals surface area contributed by atoms with Crippen molar-refractivity contribution in [3.63, 3.8) is 0 Å². The minimum Gasteiger partial charge on any atom is -0.457 e. The molecule has 1 aromatic heterocycles. The standard InChI is InChI=1S/C26H24FN5O4/c1-19(33)30-26(32-16-15-28-31-32,35-18-20-5-3-2-4-6-20)17-25(34)29-22-9-13-24(14-10-22)36-23-11-7-21(27)8-12-23/h2-16H,17-18H2,1H3,(H,29,34)(H,30,33). The number of amides is 2. The van der Waals surface area contributed by atoms with E-state index in [1.165, 1.54) is 48.3 Å². The average Bonchev–Trinajstić information content (AvgIpc) is 3.41. The molecule has 4 aromatic rings. The first-order valence-corrected chi connectivity index (χ1v) is 11.1. The Morgan fingerprint density at radius 1 is 0.972 bits per heavy atom. The minimum absolute atomic E-state index is 0.115. The second-order valence-electron chi connectivity index (χ2n) is 7.89. The molecule has 9 nitrogen and oxygen atoms in total. The lowest BCUT2D eigenvalue weighted by molar-refractivity contribution is -0.171. The molecule has 0 aliphatic carbocycles. The summed E-state index contributed by atoms with van der Waals surface area (Å²) in [5, 5.41) is 13.3. The second kappa shape index (κ2) is 11.2. The lowest BCUT2D eigenvalue weighted by Crippen LogP contribution is -2.54. The monoisotopic (exact) mass is 489 g/mol. The van der Waals surface area contributed by atoms with Gasteiger partial charge in [-0.3, -0.25) is 9.59 Å². The Balaban J connectivity index is 1.47. The minimum atomic E-state index is -1.60. The Bertz CT molecular complexity index is 1280. The van der Waals surface area contributed by atoms with E-state index in [2.05, 4.69) is 20.9 Å². The van der Waals surface area contributed by atoms with Crippen LogP contribution in [0.3, 0.4) is 0 Å². The molecule has 3 aromatic carbocycles. The molecule has 2 amide bonds. The fourth-order valence-electron chi connectivity index (χ4n) is 3.46. The van der Waals surface area contributed by atoms with Crippen molar-refractivity contribution >= 4 is 17.5 Å². The highest BCUT2D eigenvalue weighted by molar-refractivity contribution is 5.91. The van der Waals surface area contributed by atoms with Crippen LogP contribution in [-0.2, 0) is 26.8 Å². The van der Waals surface area contributed by atoms with Crippen molar-refractivity contribution in [2.45, 2.75) is 25.8 Å². The number of halogens is 1. The molecule has 0 saturated heterocycles. The van der Waals surface area contributed by atoms with Gasteiger partial charge in [0.25, 0.3) is 5.85 Å². The first-order chi connectivity index (χ1) is 17.4. The number of hydrogen-bond acceptors (Lipinski definition) is 6. The van der Waals surface area contributed by atoms with E-state index in [0.29, 0.717) is 17.2 Å². The van der Waals surface area contributed by atoms with Gasteiger partial charge in [0.2, 0.25) is 11.8 Å². The van der Waals surface area contributed by atoms with E-state index in [1.807, 2.05) is 30.3 Å². The lowest BCUT2D eigenvalue weighted by Gasteiger charge is -2.33. The third-order valence-corrected chi connectivity index (χ3v) is 5.07. The summed E-state index contributed by atoms with van der Waals surface area (Å²) in [6, 6.07) is 21.7. The maximum atomic E-state index is 13.1. The Labute approximate surface area is 206 Å². The van der Waals surface area contributed by atoms with Gasteiger partial charge in [0.05, 0.1) is 25.4 Å². The first kappa shape index (κ1) is 24.6. The maximum absolute atomic E-state index is 13.1. The number of benzene rings is 3. The summed E-state index contributed by atoms with van der Waals surface area (Å²) >= 11 is 0. The SMILES string of the molecule is CC(=O)NC(CC(=O)Nc1ccc(Oc2ccc(F)cc2)cc1)(OCc1ccccc1)n1ccnn1. The van der Waals surface area contributed by atoms with Crippen molar-refractivity contribution in [1.82, 2.24) is 20.3 Å². The van der Waals surface area contributed by atoms with Gasteiger partial charge in [-0.15, -0.1) is 5.10 Å². The van der Waals surface area contributed by atoms with Crippen LogP contribution in [0.15, 0.2) is 91.3 Å². The van der Waals surface area contributed by atoms with Gasteiger partial charge >= 0.3 is 0 Å². The fourth-order valence-corrected chi connectivity index (χ4v) is 3.46. The number of nitrogens with zero attached hydrogens (tertiary/aromatic N) is 3. The van der Waals surface area contributed by atoms with E-state index in [0.717, 1.165) is 5.56 Å². The molecule has 1 heterocycles. The number of nitrogens with one attached hydrogen (secondary N) is 2. The molecule has 0 aliphatic heterocycles. The van der Waals surface area contributed by atoms with Crippen LogP contribution in [-0.4, -0.2) is 26.8 Å². The van der Waals surface area contributed by atoms with Crippen molar-refractivity contribution in [2.75, 3.05) is 5.32 Å². The predicted octanol–water partition coefficient (Wildman–Crippen LogP) is 4.20. The lowest BCUT2D eigenvalue weighted by atomic mass is 10.2. The summed E-state index contributed by atoms with van der Waals surface area (Å²) in [5.74, 6) is -1.80. The van der Waals surface area contributed by atoms with Crippen LogP contribution in [0.4, 0.5) is 10.1 Å². The normalized spacial score (nSPS) is 12.4. The van der Waals surface area contributed by atoms with Crippen LogP contribution in [0.1, 0.15) is 18.9 Å². The van der Waals surface area contributed by atoms with Gasteiger partial charge < -0.3 is 20.1 Å². The molecule has 0 spiro atoms. The van der Waals surface area contributed by atoms with E-state index in [-0.39, 0.29) is 18.8 Å². The zero-order valence-corrected chi connectivity index (χ0v) is 19.4. The summed E-state index contributed by atoms with van der Waals surface area (Å²) < 4.78 is 26.1. The first-order valence-electron chi connectivity index (χ1n) is 11.1. The van der Waals surface area contributed by atoms with Crippen molar-refractivity contribution in [2.24, 2.45) is 0 Å². The molecule has 10 heteroatoms. The molecule has 1 atom stereocenters. The molecule has 1 unspecified atom stereocenters. The number of anilines is 1. The van der Waals surface area contributed by atoms with Gasteiger partial charge in [-0.1, -0.05) is 35.5 Å². The number of carbonyl (C=O) groups is 2. The Morgan fingerprint density at radius 3 is 2.25 bits per heavy atom. The van der Waals surface area contributed by atoms with Crippen LogP contribution in [0.25, 0.3) is 0 Å². The molecule has 36 heavy (non-hydrogen) atoms.